The number of anilines is 2. The summed E-state index contributed by atoms with van der Waals surface area (Å²) in [6.45, 7) is 1.79. The molecule has 1 amide bonds. The fourth-order valence-electron chi connectivity index (χ4n) is 1.63. The Hall–Kier alpha value is -1.37. The van der Waals surface area contributed by atoms with Crippen LogP contribution in [0.15, 0.2) is 29.7 Å². The topological polar surface area (TPSA) is 72.9 Å². The van der Waals surface area contributed by atoms with E-state index in [0.717, 1.165) is 5.16 Å². The summed E-state index contributed by atoms with van der Waals surface area (Å²) in [6.07, 6.45) is 3.50. The van der Waals surface area contributed by atoms with Crippen LogP contribution in [0, 0.1) is 0 Å². The molecule has 0 aliphatic carbocycles. The molecular formula is C13H14Cl2N4OS. The van der Waals surface area contributed by atoms with Crippen LogP contribution in [0.4, 0.5) is 11.4 Å². The number of nitrogen functional groups attached to an aromatic ring is 1. The van der Waals surface area contributed by atoms with E-state index in [9.17, 15) is 4.79 Å². The monoisotopic (exact) mass is 344 g/mol. The number of nitrogens with two attached hydrogens (primary N) is 1. The zero-order valence-corrected chi connectivity index (χ0v) is 13.8. The summed E-state index contributed by atoms with van der Waals surface area (Å²) in [5, 5.41) is 3.86. The molecule has 0 bridgehead atoms. The first-order valence-corrected chi connectivity index (χ1v) is 7.71. The maximum Gasteiger partial charge on any atom is 0.237 e. The standard InChI is InChI=1S/C13H14Cl2N4OS/c1-7(21-13-17-3-4-19(13)2)12(20)18-11-9(15)5-8(14)6-10(11)16/h3-7H,16H2,1-2H3,(H,18,20). The Kier molecular flexibility index (Phi) is 5.03. The highest BCUT2D eigenvalue weighted by Gasteiger charge is 2.19. The first kappa shape index (κ1) is 16.0. The summed E-state index contributed by atoms with van der Waals surface area (Å²) in [5.41, 5.74) is 6.53. The Labute approximate surface area is 136 Å². The van der Waals surface area contributed by atoms with Gasteiger partial charge >= 0.3 is 0 Å². The summed E-state index contributed by atoms with van der Waals surface area (Å²) >= 11 is 13.2. The van der Waals surface area contributed by atoms with Gasteiger partial charge in [0.25, 0.3) is 0 Å². The highest BCUT2D eigenvalue weighted by atomic mass is 35.5. The van der Waals surface area contributed by atoms with Crippen molar-refractivity contribution in [3.05, 3.63) is 34.6 Å². The van der Waals surface area contributed by atoms with Crippen LogP contribution in [-0.2, 0) is 11.8 Å². The highest BCUT2D eigenvalue weighted by molar-refractivity contribution is 8.00. The fourth-order valence-corrected chi connectivity index (χ4v) is 3.01. The van der Waals surface area contributed by atoms with Gasteiger partial charge < -0.3 is 15.6 Å². The molecule has 0 aliphatic heterocycles. The molecule has 2 aromatic rings. The average molecular weight is 345 g/mol. The van der Waals surface area contributed by atoms with Gasteiger partial charge in [0.1, 0.15) is 0 Å². The van der Waals surface area contributed by atoms with Gasteiger partial charge in [-0.3, -0.25) is 4.79 Å². The molecule has 1 unspecified atom stereocenters. The predicted octanol–water partition coefficient (Wildman–Crippen LogP) is 3.43. The Morgan fingerprint density at radius 2 is 2.19 bits per heavy atom. The number of nitrogens with one attached hydrogen (secondary N) is 1. The molecule has 1 heterocycles. The van der Waals surface area contributed by atoms with Crippen LogP contribution in [0.5, 0.6) is 0 Å². The molecule has 0 saturated carbocycles. The van der Waals surface area contributed by atoms with E-state index in [1.807, 2.05) is 17.8 Å². The predicted molar refractivity (Wildman–Crippen MR) is 88.0 cm³/mol. The molecule has 0 radical (unpaired) electrons. The number of benzene rings is 1. The Morgan fingerprint density at radius 1 is 1.48 bits per heavy atom. The van der Waals surface area contributed by atoms with E-state index in [-0.39, 0.29) is 11.2 Å². The first-order chi connectivity index (χ1) is 9.88. The number of carbonyl (C=O) groups is 1. The fraction of sp³-hybridized carbons (Fsp3) is 0.231. The van der Waals surface area contributed by atoms with Gasteiger partial charge in [0.2, 0.25) is 5.91 Å². The number of rotatable bonds is 4. The number of amides is 1. The number of halogens is 2. The molecule has 112 valence electrons. The second-order valence-corrected chi connectivity index (χ2v) is 6.57. The van der Waals surface area contributed by atoms with Gasteiger partial charge in [0, 0.05) is 24.5 Å². The third kappa shape index (κ3) is 3.84. The summed E-state index contributed by atoms with van der Waals surface area (Å²) in [5.74, 6) is -0.209. The van der Waals surface area contributed by atoms with Crippen molar-refractivity contribution in [2.75, 3.05) is 11.1 Å². The van der Waals surface area contributed by atoms with Gasteiger partial charge in [0.05, 0.1) is 21.6 Å². The minimum absolute atomic E-state index is 0.209. The third-order valence-electron chi connectivity index (χ3n) is 2.76. The largest absolute Gasteiger partial charge is 0.397 e. The van der Waals surface area contributed by atoms with Crippen LogP contribution in [0.25, 0.3) is 0 Å². The first-order valence-electron chi connectivity index (χ1n) is 6.08. The minimum atomic E-state index is -0.350. The molecule has 0 spiro atoms. The number of thioether (sulfide) groups is 1. The second-order valence-electron chi connectivity index (χ2n) is 4.42. The molecular weight excluding hydrogens is 331 g/mol. The SMILES string of the molecule is CC(Sc1nccn1C)C(=O)Nc1c(N)cc(Cl)cc1Cl. The van der Waals surface area contributed by atoms with E-state index in [4.69, 9.17) is 28.9 Å². The highest BCUT2D eigenvalue weighted by Crippen LogP contribution is 2.33. The average Bonchev–Trinajstić information content (AvgIpc) is 2.79. The van der Waals surface area contributed by atoms with Crippen molar-refractivity contribution in [2.24, 2.45) is 7.05 Å². The molecule has 1 aromatic carbocycles. The maximum absolute atomic E-state index is 12.2. The van der Waals surface area contributed by atoms with Gasteiger partial charge in [-0.25, -0.2) is 4.98 Å². The molecule has 3 N–H and O–H groups in total. The Bertz CT molecular complexity index is 651. The number of aryl methyl sites for hydroxylation is 1. The summed E-state index contributed by atoms with van der Waals surface area (Å²) < 4.78 is 1.85. The van der Waals surface area contributed by atoms with Gasteiger partial charge in [-0.2, -0.15) is 0 Å². The van der Waals surface area contributed by atoms with Crippen molar-refractivity contribution in [2.45, 2.75) is 17.3 Å². The maximum atomic E-state index is 12.2. The Balaban J connectivity index is 2.09. The van der Waals surface area contributed by atoms with Crippen molar-refractivity contribution in [1.82, 2.24) is 9.55 Å². The van der Waals surface area contributed by atoms with Crippen LogP contribution in [0.2, 0.25) is 10.0 Å². The summed E-state index contributed by atoms with van der Waals surface area (Å²) in [7, 11) is 1.87. The molecule has 21 heavy (non-hydrogen) atoms. The van der Waals surface area contributed by atoms with Crippen molar-refractivity contribution < 1.29 is 4.79 Å². The van der Waals surface area contributed by atoms with E-state index in [1.165, 1.54) is 17.8 Å². The lowest BCUT2D eigenvalue weighted by atomic mass is 10.2. The number of hydrogen-bond acceptors (Lipinski definition) is 4. The van der Waals surface area contributed by atoms with Crippen LogP contribution < -0.4 is 11.1 Å². The van der Waals surface area contributed by atoms with E-state index < -0.39 is 0 Å². The van der Waals surface area contributed by atoms with E-state index in [1.54, 1.807) is 19.2 Å². The van der Waals surface area contributed by atoms with Crippen LogP contribution >= 0.6 is 35.0 Å². The molecule has 2 rings (SSSR count). The minimum Gasteiger partial charge on any atom is -0.397 e. The van der Waals surface area contributed by atoms with Crippen LogP contribution in [0.3, 0.4) is 0 Å². The smallest absolute Gasteiger partial charge is 0.237 e. The number of hydrogen-bond donors (Lipinski definition) is 2. The summed E-state index contributed by atoms with van der Waals surface area (Å²) in [4.78, 5) is 16.4. The molecule has 0 fully saturated rings. The number of aromatic nitrogens is 2. The van der Waals surface area contributed by atoms with Crippen molar-refractivity contribution in [3.8, 4) is 0 Å². The number of carbonyl (C=O) groups excluding carboxylic acids is 1. The molecule has 5 nitrogen and oxygen atoms in total. The number of nitrogens with zero attached hydrogens (tertiary/aromatic N) is 2. The quantitative estimate of drug-likeness (QED) is 0.658. The molecule has 1 atom stereocenters. The van der Waals surface area contributed by atoms with Crippen LogP contribution in [0.1, 0.15) is 6.92 Å². The lowest BCUT2D eigenvalue weighted by Crippen LogP contribution is -2.23. The van der Waals surface area contributed by atoms with Gasteiger partial charge in [-0.05, 0) is 19.1 Å². The van der Waals surface area contributed by atoms with Crippen LogP contribution in [-0.4, -0.2) is 20.7 Å². The van der Waals surface area contributed by atoms with E-state index >= 15 is 0 Å². The van der Waals surface area contributed by atoms with Crippen molar-refractivity contribution >= 4 is 52.2 Å². The normalized spacial score (nSPS) is 12.2. The molecule has 0 saturated heterocycles. The second kappa shape index (κ2) is 6.60. The lowest BCUT2D eigenvalue weighted by Gasteiger charge is -2.14. The molecule has 0 aliphatic rings. The van der Waals surface area contributed by atoms with Crippen molar-refractivity contribution in [1.29, 1.82) is 0 Å². The Morgan fingerprint density at radius 3 is 2.76 bits per heavy atom. The third-order valence-corrected chi connectivity index (χ3v) is 4.45. The zero-order valence-electron chi connectivity index (χ0n) is 11.4. The molecule has 1 aromatic heterocycles. The lowest BCUT2D eigenvalue weighted by molar-refractivity contribution is -0.115. The summed E-state index contributed by atoms with van der Waals surface area (Å²) in [6, 6.07) is 3.07. The van der Waals surface area contributed by atoms with E-state index in [2.05, 4.69) is 10.3 Å². The van der Waals surface area contributed by atoms with E-state index in [0.29, 0.717) is 21.4 Å². The van der Waals surface area contributed by atoms with Crippen molar-refractivity contribution in [3.63, 3.8) is 0 Å². The van der Waals surface area contributed by atoms with Gasteiger partial charge in [0.15, 0.2) is 5.16 Å². The van der Waals surface area contributed by atoms with Gasteiger partial charge in [-0.15, -0.1) is 0 Å². The molecule has 8 heteroatoms. The number of imidazole rings is 1. The van der Waals surface area contributed by atoms with Gasteiger partial charge in [-0.1, -0.05) is 35.0 Å². The zero-order chi connectivity index (χ0) is 15.6.